The number of benzene rings is 1. The molecule has 0 amide bonds. The van der Waals surface area contributed by atoms with Crippen LogP contribution in [0.25, 0.3) is 0 Å². The van der Waals surface area contributed by atoms with Crippen molar-refractivity contribution in [1.82, 2.24) is 10.2 Å². The van der Waals surface area contributed by atoms with E-state index in [9.17, 15) is 14.0 Å². The lowest BCUT2D eigenvalue weighted by Crippen LogP contribution is -2.14. The molecule has 0 bridgehead atoms. The topological polar surface area (TPSA) is 72.1 Å². The van der Waals surface area contributed by atoms with E-state index in [0.29, 0.717) is 0 Å². The van der Waals surface area contributed by atoms with Crippen LogP contribution in [-0.2, 0) is 16.0 Å². The lowest BCUT2D eigenvalue weighted by atomic mass is 10.1. The van der Waals surface area contributed by atoms with Crippen molar-refractivity contribution in [2.24, 2.45) is 0 Å². The average molecular weight is 248 g/mol. The van der Waals surface area contributed by atoms with Crippen molar-refractivity contribution in [2.75, 3.05) is 0 Å². The summed E-state index contributed by atoms with van der Waals surface area (Å²) in [6.07, 6.45) is 2.24. The summed E-state index contributed by atoms with van der Waals surface area (Å²) >= 11 is 0. The number of hydrogen-bond donors (Lipinski definition) is 1. The molecular formula is C12H9FN2O3. The van der Waals surface area contributed by atoms with Crippen molar-refractivity contribution in [3.63, 3.8) is 0 Å². The Bertz CT molecular complexity index is 566. The summed E-state index contributed by atoms with van der Waals surface area (Å²) in [4.78, 5) is 22.8. The zero-order valence-electron chi connectivity index (χ0n) is 9.22. The minimum Gasteiger partial charge on any atom is -0.389 e. The summed E-state index contributed by atoms with van der Waals surface area (Å²) in [5.41, 5.74) is 0.319. The maximum Gasteiger partial charge on any atom is 0.348 e. The second-order valence-corrected chi connectivity index (χ2v) is 3.52. The van der Waals surface area contributed by atoms with Gasteiger partial charge in [0.15, 0.2) is 0 Å². The predicted octanol–water partition coefficient (Wildman–Crippen LogP) is 1.47. The third-order valence-corrected chi connectivity index (χ3v) is 2.23. The first kappa shape index (κ1) is 12.0. The van der Waals surface area contributed by atoms with Crippen LogP contribution in [0.15, 0.2) is 36.7 Å². The largest absolute Gasteiger partial charge is 0.389 e. The highest BCUT2D eigenvalue weighted by atomic mass is 19.1. The summed E-state index contributed by atoms with van der Waals surface area (Å²) < 4.78 is 17.8. The fourth-order valence-corrected chi connectivity index (χ4v) is 1.36. The molecule has 1 aromatic heterocycles. The Morgan fingerprint density at radius 1 is 1.33 bits per heavy atom. The van der Waals surface area contributed by atoms with E-state index in [4.69, 9.17) is 0 Å². The average Bonchev–Trinajstić information content (AvgIpc) is 2.85. The first-order valence-electron chi connectivity index (χ1n) is 5.14. The number of carbonyl (C=O) groups is 2. The Balaban J connectivity index is 1.98. The van der Waals surface area contributed by atoms with Gasteiger partial charge in [-0.3, -0.25) is 9.89 Å². The first-order chi connectivity index (χ1) is 8.66. The Kier molecular flexibility index (Phi) is 3.47. The van der Waals surface area contributed by atoms with Gasteiger partial charge in [0.1, 0.15) is 5.82 Å². The minimum absolute atomic E-state index is 0.136. The number of H-pyrrole nitrogens is 1. The van der Waals surface area contributed by atoms with E-state index in [0.717, 1.165) is 0 Å². The Hall–Kier alpha value is -2.50. The van der Waals surface area contributed by atoms with Crippen molar-refractivity contribution < 1.29 is 18.7 Å². The van der Waals surface area contributed by atoms with Crippen LogP contribution in [0.4, 0.5) is 4.39 Å². The van der Waals surface area contributed by atoms with Gasteiger partial charge in [-0.05, 0) is 11.6 Å². The SMILES string of the molecule is O=C(Cc1ccccc1F)OC(=O)c1cn[nH]c1. The lowest BCUT2D eigenvalue weighted by molar-refractivity contribution is -0.137. The van der Waals surface area contributed by atoms with Crippen LogP contribution >= 0.6 is 0 Å². The van der Waals surface area contributed by atoms with Gasteiger partial charge in [-0.2, -0.15) is 5.10 Å². The highest BCUT2D eigenvalue weighted by Crippen LogP contribution is 2.08. The molecule has 1 N–H and O–H groups in total. The van der Waals surface area contributed by atoms with E-state index in [1.54, 1.807) is 6.07 Å². The third kappa shape index (κ3) is 2.79. The van der Waals surface area contributed by atoms with Crippen LogP contribution in [0.3, 0.4) is 0 Å². The Morgan fingerprint density at radius 3 is 2.78 bits per heavy atom. The van der Waals surface area contributed by atoms with Gasteiger partial charge in [0.05, 0.1) is 18.2 Å². The molecule has 0 saturated carbocycles. The smallest absolute Gasteiger partial charge is 0.348 e. The second-order valence-electron chi connectivity index (χ2n) is 3.52. The fourth-order valence-electron chi connectivity index (χ4n) is 1.36. The molecule has 0 unspecified atom stereocenters. The number of ether oxygens (including phenoxy) is 1. The van der Waals surface area contributed by atoms with Crippen molar-refractivity contribution in [3.05, 3.63) is 53.6 Å². The third-order valence-electron chi connectivity index (χ3n) is 2.23. The molecule has 0 radical (unpaired) electrons. The molecule has 0 aliphatic rings. The summed E-state index contributed by atoms with van der Waals surface area (Å²) in [7, 11) is 0. The Morgan fingerprint density at radius 2 is 2.11 bits per heavy atom. The highest BCUT2D eigenvalue weighted by molar-refractivity contribution is 5.96. The van der Waals surface area contributed by atoms with Crippen molar-refractivity contribution in [3.8, 4) is 0 Å². The zero-order valence-corrected chi connectivity index (χ0v) is 9.22. The van der Waals surface area contributed by atoms with Crippen LogP contribution in [0.5, 0.6) is 0 Å². The molecule has 1 heterocycles. The van der Waals surface area contributed by atoms with Crippen LogP contribution in [0.1, 0.15) is 15.9 Å². The quantitative estimate of drug-likeness (QED) is 0.659. The summed E-state index contributed by atoms with van der Waals surface area (Å²) in [5, 5.41) is 5.97. The van der Waals surface area contributed by atoms with Gasteiger partial charge < -0.3 is 4.74 Å². The fraction of sp³-hybridized carbons (Fsp3) is 0.0833. The number of hydrogen-bond acceptors (Lipinski definition) is 4. The predicted molar refractivity (Wildman–Crippen MR) is 59.1 cm³/mol. The Labute approximate surface area is 102 Å². The van der Waals surface area contributed by atoms with E-state index >= 15 is 0 Å². The molecule has 0 saturated heterocycles. The molecule has 2 aromatic rings. The summed E-state index contributed by atoms with van der Waals surface area (Å²) in [6, 6.07) is 5.81. The van der Waals surface area contributed by atoms with Gasteiger partial charge in [-0.15, -0.1) is 0 Å². The molecular weight excluding hydrogens is 239 g/mol. The van der Waals surface area contributed by atoms with E-state index in [-0.39, 0.29) is 17.5 Å². The number of halogens is 1. The number of nitrogens with zero attached hydrogens (tertiary/aromatic N) is 1. The van der Waals surface area contributed by atoms with Gasteiger partial charge in [-0.25, -0.2) is 9.18 Å². The van der Waals surface area contributed by atoms with Crippen LogP contribution < -0.4 is 0 Å². The number of aromatic nitrogens is 2. The standard InChI is InChI=1S/C12H9FN2O3/c13-10-4-2-1-3-8(10)5-11(16)18-12(17)9-6-14-15-7-9/h1-4,6-7H,5H2,(H,14,15). The van der Waals surface area contributed by atoms with E-state index in [1.165, 1.54) is 30.6 Å². The van der Waals surface area contributed by atoms with Gasteiger partial charge in [0, 0.05) is 6.20 Å². The molecule has 0 atom stereocenters. The highest BCUT2D eigenvalue weighted by Gasteiger charge is 2.15. The van der Waals surface area contributed by atoms with Crippen molar-refractivity contribution in [2.45, 2.75) is 6.42 Å². The number of rotatable bonds is 3. The molecule has 18 heavy (non-hydrogen) atoms. The van der Waals surface area contributed by atoms with Crippen LogP contribution in [0, 0.1) is 5.82 Å². The van der Waals surface area contributed by atoms with Crippen LogP contribution in [-0.4, -0.2) is 22.1 Å². The van der Waals surface area contributed by atoms with E-state index in [1.807, 2.05) is 0 Å². The molecule has 2 rings (SSSR count). The van der Waals surface area contributed by atoms with Crippen LogP contribution in [0.2, 0.25) is 0 Å². The molecule has 0 aliphatic carbocycles. The van der Waals surface area contributed by atoms with Crippen molar-refractivity contribution >= 4 is 11.9 Å². The van der Waals surface area contributed by atoms with E-state index < -0.39 is 17.8 Å². The molecule has 5 nitrogen and oxygen atoms in total. The summed E-state index contributed by atoms with van der Waals surface area (Å²) in [6.45, 7) is 0. The minimum atomic E-state index is -0.815. The van der Waals surface area contributed by atoms with Crippen molar-refractivity contribution in [1.29, 1.82) is 0 Å². The first-order valence-corrected chi connectivity index (χ1v) is 5.14. The zero-order chi connectivity index (χ0) is 13.0. The maximum absolute atomic E-state index is 13.3. The maximum atomic E-state index is 13.3. The van der Waals surface area contributed by atoms with Gasteiger partial charge in [0.25, 0.3) is 0 Å². The molecule has 1 aromatic carbocycles. The molecule has 0 aliphatic heterocycles. The van der Waals surface area contributed by atoms with E-state index in [2.05, 4.69) is 14.9 Å². The molecule has 92 valence electrons. The normalized spacial score (nSPS) is 10.1. The molecule has 6 heteroatoms. The monoisotopic (exact) mass is 248 g/mol. The number of carbonyl (C=O) groups excluding carboxylic acids is 2. The van der Waals surface area contributed by atoms with Gasteiger partial charge in [0.2, 0.25) is 0 Å². The number of esters is 2. The number of aromatic amines is 1. The lowest BCUT2D eigenvalue weighted by Gasteiger charge is -2.02. The second kappa shape index (κ2) is 5.22. The van der Waals surface area contributed by atoms with Gasteiger partial charge in [-0.1, -0.05) is 18.2 Å². The molecule has 0 spiro atoms. The summed E-state index contributed by atoms with van der Waals surface area (Å²) in [5.74, 6) is -2.14. The molecule has 0 fully saturated rings. The number of nitrogens with one attached hydrogen (secondary N) is 1. The van der Waals surface area contributed by atoms with Gasteiger partial charge >= 0.3 is 11.9 Å².